The van der Waals surface area contributed by atoms with Crippen LogP contribution >= 0.6 is 22.9 Å². The molecule has 1 aromatic carbocycles. The third kappa shape index (κ3) is 6.61. The predicted octanol–water partition coefficient (Wildman–Crippen LogP) is 3.83. The summed E-state index contributed by atoms with van der Waals surface area (Å²) in [5, 5.41) is 4.88. The van der Waals surface area contributed by atoms with Gasteiger partial charge >= 0.3 is 0 Å². The molecule has 0 saturated heterocycles. The predicted molar refractivity (Wildman–Crippen MR) is 142 cm³/mol. The number of nitrogens with zero attached hydrogens (tertiary/aromatic N) is 2. The first-order valence-corrected chi connectivity index (χ1v) is 13.3. The maximum absolute atomic E-state index is 13.9. The van der Waals surface area contributed by atoms with Gasteiger partial charge in [-0.2, -0.15) is 4.37 Å². The van der Waals surface area contributed by atoms with Crippen LogP contribution in [0, 0.1) is 5.92 Å². The molecule has 2 aromatic heterocycles. The van der Waals surface area contributed by atoms with Gasteiger partial charge in [-0.05, 0) is 59.9 Å². The van der Waals surface area contributed by atoms with Crippen LogP contribution in [0.25, 0.3) is 0 Å². The first-order chi connectivity index (χ1) is 17.2. The molecule has 3 amide bonds. The van der Waals surface area contributed by atoms with Gasteiger partial charge in [0.2, 0.25) is 5.91 Å². The molecule has 36 heavy (non-hydrogen) atoms. The van der Waals surface area contributed by atoms with Crippen LogP contribution in [0.1, 0.15) is 63.8 Å². The molecule has 192 valence electrons. The van der Waals surface area contributed by atoms with Crippen molar-refractivity contribution in [3.63, 3.8) is 0 Å². The van der Waals surface area contributed by atoms with Crippen molar-refractivity contribution in [2.75, 3.05) is 18.9 Å². The van der Waals surface area contributed by atoms with Crippen molar-refractivity contribution in [1.29, 1.82) is 0 Å². The van der Waals surface area contributed by atoms with Crippen molar-refractivity contribution in [2.24, 2.45) is 11.7 Å². The molecule has 0 aliphatic heterocycles. The molecule has 0 aliphatic carbocycles. The Kier molecular flexibility index (Phi) is 9.43. The van der Waals surface area contributed by atoms with Gasteiger partial charge in [0.25, 0.3) is 11.8 Å². The average Bonchev–Trinajstić information content (AvgIpc) is 3.49. The number of benzene rings is 1. The zero-order valence-corrected chi connectivity index (χ0v) is 22.2. The fourth-order valence-corrected chi connectivity index (χ4v) is 5.04. The molecule has 3 aromatic rings. The second-order valence-electron chi connectivity index (χ2n) is 8.53. The Labute approximate surface area is 218 Å². The van der Waals surface area contributed by atoms with Crippen LogP contribution in [-0.2, 0) is 11.3 Å². The van der Waals surface area contributed by atoms with Crippen molar-refractivity contribution in [3.05, 3.63) is 62.8 Å². The monoisotopic (exact) mass is 529 g/mol. The lowest BCUT2D eigenvalue weighted by Crippen LogP contribution is -2.43. The van der Waals surface area contributed by atoms with Gasteiger partial charge in [0, 0.05) is 11.4 Å². The molecule has 3 rings (SSSR count). The van der Waals surface area contributed by atoms with Crippen molar-refractivity contribution in [1.82, 2.24) is 14.6 Å². The molecule has 9 nitrogen and oxygen atoms in total. The van der Waals surface area contributed by atoms with E-state index < -0.39 is 17.9 Å². The Bertz CT molecular complexity index is 1180. The first kappa shape index (κ1) is 27.2. The third-order valence-electron chi connectivity index (χ3n) is 5.41. The van der Waals surface area contributed by atoms with Gasteiger partial charge in [0.1, 0.15) is 16.7 Å². The number of nitrogens with two attached hydrogens (primary N) is 2. The zero-order valence-electron chi connectivity index (χ0n) is 20.5. The summed E-state index contributed by atoms with van der Waals surface area (Å²) >= 11 is 2.26. The smallest absolute Gasteiger partial charge is 0.270 e. The van der Waals surface area contributed by atoms with Gasteiger partial charge < -0.3 is 26.4 Å². The molecule has 0 radical (unpaired) electrons. The van der Waals surface area contributed by atoms with E-state index in [0.717, 1.165) is 22.8 Å². The molecule has 0 aliphatic rings. The fourth-order valence-electron chi connectivity index (χ4n) is 3.58. The maximum Gasteiger partial charge on any atom is 0.270 e. The highest BCUT2D eigenvalue weighted by Gasteiger charge is 2.35. The number of carbonyl (C=O) groups is 3. The van der Waals surface area contributed by atoms with E-state index >= 15 is 0 Å². The average molecular weight is 530 g/mol. The SMILES string of the molecule is CCOc1ccc(C(C(=O)NCCC(C)C)N(Cc2cccs2)C(=O)c2snc(C(N)=O)c2N)cc1. The van der Waals surface area contributed by atoms with E-state index in [-0.39, 0.29) is 28.7 Å². The molecule has 1 unspecified atom stereocenters. The molecular weight excluding hydrogens is 498 g/mol. The summed E-state index contributed by atoms with van der Waals surface area (Å²) in [6.07, 6.45) is 0.796. The standard InChI is InChI=1S/C25H31N5O4S2/c1-4-34-17-9-7-16(8-10-17)21(24(32)28-12-11-15(2)3)30(14-18-6-5-13-35-18)25(33)22-19(26)20(23(27)31)29-36-22/h5-10,13,15,21H,4,11-12,14,26H2,1-3H3,(H2,27,31)(H,28,32). The molecule has 0 saturated carbocycles. The van der Waals surface area contributed by atoms with Crippen LogP contribution in [0.3, 0.4) is 0 Å². The van der Waals surface area contributed by atoms with E-state index in [1.54, 1.807) is 24.3 Å². The summed E-state index contributed by atoms with van der Waals surface area (Å²) in [6.45, 7) is 7.18. The summed E-state index contributed by atoms with van der Waals surface area (Å²) in [4.78, 5) is 41.5. The van der Waals surface area contributed by atoms with Crippen LogP contribution in [0.2, 0.25) is 0 Å². The Morgan fingerprint density at radius 3 is 2.44 bits per heavy atom. The Morgan fingerprint density at radius 2 is 1.89 bits per heavy atom. The quantitative estimate of drug-likeness (QED) is 0.326. The number of carbonyl (C=O) groups excluding carboxylic acids is 3. The lowest BCUT2D eigenvalue weighted by atomic mass is 10.0. The van der Waals surface area contributed by atoms with E-state index in [4.69, 9.17) is 16.2 Å². The normalized spacial score (nSPS) is 11.8. The number of anilines is 1. The number of amides is 3. The number of ether oxygens (including phenoxy) is 1. The number of hydrogen-bond acceptors (Lipinski definition) is 8. The van der Waals surface area contributed by atoms with Gasteiger partial charge in [0.05, 0.1) is 18.8 Å². The second-order valence-corrected chi connectivity index (χ2v) is 10.3. The molecule has 0 bridgehead atoms. The van der Waals surface area contributed by atoms with Crippen LogP contribution in [0.15, 0.2) is 41.8 Å². The highest BCUT2D eigenvalue weighted by atomic mass is 32.1. The minimum Gasteiger partial charge on any atom is -0.494 e. The highest BCUT2D eigenvalue weighted by Crippen LogP contribution is 2.31. The van der Waals surface area contributed by atoms with E-state index in [1.807, 2.05) is 24.4 Å². The molecule has 1 atom stereocenters. The van der Waals surface area contributed by atoms with Gasteiger partial charge in [-0.25, -0.2) is 0 Å². The number of nitrogens with one attached hydrogen (secondary N) is 1. The highest BCUT2D eigenvalue weighted by molar-refractivity contribution is 7.10. The number of aromatic nitrogens is 1. The third-order valence-corrected chi connectivity index (χ3v) is 7.12. The summed E-state index contributed by atoms with van der Waals surface area (Å²) in [7, 11) is 0. The number of primary amides is 1. The minimum absolute atomic E-state index is 0.0614. The molecule has 11 heteroatoms. The van der Waals surface area contributed by atoms with Gasteiger partial charge in [-0.15, -0.1) is 11.3 Å². The lowest BCUT2D eigenvalue weighted by molar-refractivity contribution is -0.126. The van der Waals surface area contributed by atoms with E-state index in [2.05, 4.69) is 23.5 Å². The molecule has 2 heterocycles. The van der Waals surface area contributed by atoms with Crippen molar-refractivity contribution in [3.8, 4) is 5.75 Å². The van der Waals surface area contributed by atoms with E-state index in [0.29, 0.717) is 30.4 Å². The van der Waals surface area contributed by atoms with Crippen molar-refractivity contribution >= 4 is 46.3 Å². The van der Waals surface area contributed by atoms with E-state index in [1.165, 1.54) is 16.2 Å². The Balaban J connectivity index is 2.05. The number of nitrogen functional groups attached to an aromatic ring is 1. The summed E-state index contributed by atoms with van der Waals surface area (Å²) in [5.41, 5.74) is 11.8. The number of hydrogen-bond donors (Lipinski definition) is 3. The first-order valence-electron chi connectivity index (χ1n) is 11.6. The molecular formula is C25H31N5O4S2. The van der Waals surface area contributed by atoms with Crippen molar-refractivity contribution in [2.45, 2.75) is 39.8 Å². The molecule has 0 spiro atoms. The van der Waals surface area contributed by atoms with Gasteiger partial charge in [-0.3, -0.25) is 14.4 Å². The van der Waals surface area contributed by atoms with Crippen LogP contribution in [0.5, 0.6) is 5.75 Å². The summed E-state index contributed by atoms with van der Waals surface area (Å²) < 4.78 is 9.52. The van der Waals surface area contributed by atoms with Gasteiger partial charge in [-0.1, -0.05) is 32.0 Å². The Morgan fingerprint density at radius 1 is 1.17 bits per heavy atom. The maximum atomic E-state index is 13.9. The van der Waals surface area contributed by atoms with Crippen LogP contribution in [0.4, 0.5) is 5.69 Å². The molecule has 0 fully saturated rings. The van der Waals surface area contributed by atoms with Crippen LogP contribution in [-0.4, -0.2) is 40.1 Å². The summed E-state index contributed by atoms with van der Waals surface area (Å²) in [5.74, 6) is -0.578. The van der Waals surface area contributed by atoms with Crippen molar-refractivity contribution < 1.29 is 19.1 Å². The summed E-state index contributed by atoms with van der Waals surface area (Å²) in [6, 6.07) is 9.90. The van der Waals surface area contributed by atoms with E-state index in [9.17, 15) is 14.4 Å². The number of rotatable bonds is 12. The second kappa shape index (κ2) is 12.5. The largest absolute Gasteiger partial charge is 0.494 e. The van der Waals surface area contributed by atoms with Crippen LogP contribution < -0.4 is 21.5 Å². The van der Waals surface area contributed by atoms with Gasteiger partial charge in [0.15, 0.2) is 5.69 Å². The molecule has 5 N–H and O–H groups in total. The fraction of sp³-hybridized carbons (Fsp3) is 0.360. The lowest BCUT2D eigenvalue weighted by Gasteiger charge is -2.31. The topological polar surface area (TPSA) is 141 Å². The minimum atomic E-state index is -0.957. The number of thiophene rings is 1. The Hall–Kier alpha value is -3.44. The zero-order chi connectivity index (χ0) is 26.2.